The Morgan fingerprint density at radius 1 is 1.24 bits per heavy atom. The molecule has 0 saturated heterocycles. The molecular formula is C15H26IN. The fourth-order valence-corrected chi connectivity index (χ4v) is 3.86. The van der Waals surface area contributed by atoms with Crippen molar-refractivity contribution in [3.8, 4) is 0 Å². The normalized spacial score (nSPS) is 32.0. The molecule has 2 rings (SSSR count). The van der Waals surface area contributed by atoms with E-state index in [9.17, 15) is 0 Å². The molecule has 0 spiro atoms. The molecule has 98 valence electrons. The molecule has 2 aliphatic rings. The van der Waals surface area contributed by atoms with Crippen LogP contribution in [0.1, 0.15) is 51.9 Å². The van der Waals surface area contributed by atoms with Crippen LogP contribution >= 0.6 is 22.6 Å². The Morgan fingerprint density at radius 2 is 2.00 bits per heavy atom. The molecule has 17 heavy (non-hydrogen) atoms. The number of halogens is 1. The van der Waals surface area contributed by atoms with Crippen LogP contribution in [0.25, 0.3) is 0 Å². The van der Waals surface area contributed by atoms with Gasteiger partial charge in [0.2, 0.25) is 0 Å². The molecular weight excluding hydrogens is 321 g/mol. The van der Waals surface area contributed by atoms with E-state index in [1.54, 1.807) is 5.57 Å². The molecule has 1 fully saturated rings. The third-order valence-electron chi connectivity index (χ3n) is 4.37. The highest BCUT2D eigenvalue weighted by molar-refractivity contribution is 14.1. The largest absolute Gasteiger partial charge is 0.302 e. The smallest absolute Gasteiger partial charge is 0.0110 e. The quantitative estimate of drug-likeness (QED) is 0.415. The summed E-state index contributed by atoms with van der Waals surface area (Å²) in [6.07, 6.45) is 12.2. The second-order valence-electron chi connectivity index (χ2n) is 5.67. The molecule has 0 aromatic heterocycles. The van der Waals surface area contributed by atoms with Crippen molar-refractivity contribution in [2.45, 2.75) is 55.8 Å². The molecule has 0 N–H and O–H groups in total. The Balaban J connectivity index is 1.73. The molecule has 1 aliphatic heterocycles. The standard InChI is InChI=1S/C15H26IN/c1-2-13-4-3-10-17(11-9-13)12-14-5-7-15(16)8-6-14/h4,14-15H,2-3,5-12H2,1H3. The van der Waals surface area contributed by atoms with E-state index in [1.165, 1.54) is 64.6 Å². The van der Waals surface area contributed by atoms with Crippen molar-refractivity contribution in [3.05, 3.63) is 11.6 Å². The molecule has 0 aromatic rings. The van der Waals surface area contributed by atoms with Gasteiger partial charge in [0.25, 0.3) is 0 Å². The number of nitrogens with zero attached hydrogens (tertiary/aromatic N) is 1. The van der Waals surface area contributed by atoms with E-state index in [2.05, 4.69) is 40.5 Å². The molecule has 1 heterocycles. The summed E-state index contributed by atoms with van der Waals surface area (Å²) in [6.45, 7) is 6.27. The Bertz CT molecular complexity index is 254. The van der Waals surface area contributed by atoms with Crippen LogP contribution in [-0.4, -0.2) is 28.5 Å². The molecule has 1 saturated carbocycles. The maximum atomic E-state index is 2.72. The van der Waals surface area contributed by atoms with Crippen LogP contribution in [0.15, 0.2) is 11.6 Å². The lowest BCUT2D eigenvalue weighted by atomic mass is 9.89. The molecule has 0 bridgehead atoms. The van der Waals surface area contributed by atoms with Crippen molar-refractivity contribution in [2.24, 2.45) is 5.92 Å². The highest BCUT2D eigenvalue weighted by Gasteiger charge is 2.21. The molecule has 1 aliphatic carbocycles. The van der Waals surface area contributed by atoms with Crippen molar-refractivity contribution in [2.75, 3.05) is 19.6 Å². The van der Waals surface area contributed by atoms with Crippen LogP contribution in [0.2, 0.25) is 0 Å². The Labute approximate surface area is 120 Å². The summed E-state index contributed by atoms with van der Waals surface area (Å²) in [5, 5.41) is 0. The molecule has 0 aromatic carbocycles. The third-order valence-corrected chi connectivity index (χ3v) is 5.62. The van der Waals surface area contributed by atoms with Gasteiger partial charge < -0.3 is 4.90 Å². The third kappa shape index (κ3) is 4.55. The highest BCUT2D eigenvalue weighted by atomic mass is 127. The Kier molecular flexibility index (Phi) is 5.81. The molecule has 0 radical (unpaired) electrons. The van der Waals surface area contributed by atoms with Crippen molar-refractivity contribution in [1.29, 1.82) is 0 Å². The molecule has 2 heteroatoms. The number of hydrogen-bond acceptors (Lipinski definition) is 1. The monoisotopic (exact) mass is 347 g/mol. The van der Waals surface area contributed by atoms with Gasteiger partial charge in [-0.3, -0.25) is 0 Å². The number of hydrogen-bond donors (Lipinski definition) is 0. The number of rotatable bonds is 3. The van der Waals surface area contributed by atoms with Gasteiger partial charge in [-0.25, -0.2) is 0 Å². The predicted octanol–water partition coefficient (Wildman–Crippen LogP) is 4.41. The molecule has 0 amide bonds. The Morgan fingerprint density at radius 3 is 2.71 bits per heavy atom. The van der Waals surface area contributed by atoms with Crippen molar-refractivity contribution >= 4 is 22.6 Å². The maximum Gasteiger partial charge on any atom is 0.0110 e. The second-order valence-corrected chi connectivity index (χ2v) is 7.43. The summed E-state index contributed by atoms with van der Waals surface area (Å²) in [4.78, 5) is 2.72. The van der Waals surface area contributed by atoms with Crippen molar-refractivity contribution in [1.82, 2.24) is 4.90 Å². The van der Waals surface area contributed by atoms with Crippen molar-refractivity contribution in [3.63, 3.8) is 0 Å². The van der Waals surface area contributed by atoms with Crippen LogP contribution in [0, 0.1) is 5.92 Å². The zero-order valence-corrected chi connectivity index (χ0v) is 13.3. The predicted molar refractivity (Wildman–Crippen MR) is 83.8 cm³/mol. The second kappa shape index (κ2) is 7.13. The van der Waals surface area contributed by atoms with Crippen molar-refractivity contribution < 1.29 is 0 Å². The first kappa shape index (κ1) is 13.9. The van der Waals surface area contributed by atoms with Gasteiger partial charge in [0, 0.05) is 23.6 Å². The van der Waals surface area contributed by atoms with E-state index in [0.29, 0.717) is 0 Å². The van der Waals surface area contributed by atoms with Gasteiger partial charge in [-0.2, -0.15) is 0 Å². The molecule has 0 atom stereocenters. The van der Waals surface area contributed by atoms with Gasteiger partial charge in [-0.1, -0.05) is 41.2 Å². The zero-order valence-electron chi connectivity index (χ0n) is 11.1. The Hall–Kier alpha value is 0.430. The minimum Gasteiger partial charge on any atom is -0.302 e. The van der Waals surface area contributed by atoms with Gasteiger partial charge in [-0.15, -0.1) is 0 Å². The van der Waals surface area contributed by atoms with E-state index in [1.807, 2.05) is 0 Å². The first-order valence-corrected chi connectivity index (χ1v) is 8.56. The minimum absolute atomic E-state index is 0.960. The fourth-order valence-electron chi connectivity index (χ4n) is 3.14. The number of alkyl halides is 1. The summed E-state index contributed by atoms with van der Waals surface area (Å²) in [5.41, 5.74) is 1.68. The van der Waals surface area contributed by atoms with E-state index in [-0.39, 0.29) is 0 Å². The first-order chi connectivity index (χ1) is 8.28. The van der Waals surface area contributed by atoms with Crippen LogP contribution in [-0.2, 0) is 0 Å². The topological polar surface area (TPSA) is 3.24 Å². The lowest BCUT2D eigenvalue weighted by molar-refractivity contribution is 0.211. The van der Waals surface area contributed by atoms with Gasteiger partial charge in [0.1, 0.15) is 0 Å². The van der Waals surface area contributed by atoms with Crippen LogP contribution in [0.4, 0.5) is 0 Å². The maximum absolute atomic E-state index is 2.72. The highest BCUT2D eigenvalue weighted by Crippen LogP contribution is 2.30. The van der Waals surface area contributed by atoms with Gasteiger partial charge >= 0.3 is 0 Å². The summed E-state index contributed by atoms with van der Waals surface area (Å²) >= 11 is 2.63. The van der Waals surface area contributed by atoms with Gasteiger partial charge in [0.15, 0.2) is 0 Å². The van der Waals surface area contributed by atoms with Crippen LogP contribution in [0.5, 0.6) is 0 Å². The van der Waals surface area contributed by atoms with E-state index in [4.69, 9.17) is 0 Å². The van der Waals surface area contributed by atoms with Gasteiger partial charge in [-0.05, 0) is 50.9 Å². The lowest BCUT2D eigenvalue weighted by Crippen LogP contribution is -2.32. The van der Waals surface area contributed by atoms with Crippen LogP contribution < -0.4 is 0 Å². The fraction of sp³-hybridized carbons (Fsp3) is 0.867. The minimum atomic E-state index is 0.960. The average molecular weight is 347 g/mol. The van der Waals surface area contributed by atoms with E-state index >= 15 is 0 Å². The summed E-state index contributed by atoms with van der Waals surface area (Å²) in [6, 6.07) is 0. The van der Waals surface area contributed by atoms with E-state index < -0.39 is 0 Å². The SMILES string of the molecule is CCC1=CCCN(CC2CCC(I)CC2)CC1. The molecule has 1 nitrogen and oxygen atoms in total. The summed E-state index contributed by atoms with van der Waals surface area (Å²) in [7, 11) is 0. The summed E-state index contributed by atoms with van der Waals surface area (Å²) < 4.78 is 0.960. The first-order valence-electron chi connectivity index (χ1n) is 7.32. The van der Waals surface area contributed by atoms with E-state index in [0.717, 1.165) is 9.84 Å². The lowest BCUT2D eigenvalue weighted by Gasteiger charge is -2.30. The van der Waals surface area contributed by atoms with Crippen LogP contribution in [0.3, 0.4) is 0 Å². The molecule has 0 unspecified atom stereocenters. The summed E-state index contributed by atoms with van der Waals surface area (Å²) in [5.74, 6) is 0.990. The zero-order chi connectivity index (χ0) is 12.1. The van der Waals surface area contributed by atoms with Gasteiger partial charge in [0.05, 0.1) is 0 Å². The average Bonchev–Trinajstić information content (AvgIpc) is 2.57.